The van der Waals surface area contributed by atoms with Crippen LogP contribution in [-0.4, -0.2) is 27.4 Å². The maximum atomic E-state index is 13.0. The molecule has 0 bridgehead atoms. The molecule has 0 radical (unpaired) electrons. The Bertz CT molecular complexity index is 1090. The van der Waals surface area contributed by atoms with Crippen molar-refractivity contribution in [2.24, 2.45) is 5.92 Å². The van der Waals surface area contributed by atoms with Gasteiger partial charge < -0.3 is 4.90 Å². The maximum absolute atomic E-state index is 13.0. The van der Waals surface area contributed by atoms with Crippen LogP contribution in [0.4, 0.5) is 4.39 Å². The van der Waals surface area contributed by atoms with Gasteiger partial charge in [-0.1, -0.05) is 19.1 Å². The molecule has 146 valence electrons. The van der Waals surface area contributed by atoms with E-state index in [1.54, 1.807) is 30.5 Å². The first kappa shape index (κ1) is 18.8. The first-order valence-electron chi connectivity index (χ1n) is 9.40. The van der Waals surface area contributed by atoms with Gasteiger partial charge in [-0.2, -0.15) is 0 Å². The molecule has 0 aliphatic heterocycles. The summed E-state index contributed by atoms with van der Waals surface area (Å²) in [5.74, 6) is 0.131. The van der Waals surface area contributed by atoms with Crippen LogP contribution in [0.15, 0.2) is 35.4 Å². The van der Waals surface area contributed by atoms with E-state index in [-0.39, 0.29) is 23.8 Å². The van der Waals surface area contributed by atoms with Gasteiger partial charge >= 0.3 is 0 Å². The van der Waals surface area contributed by atoms with E-state index in [1.165, 1.54) is 32.8 Å². The fraction of sp³-hybridized carbons (Fsp3) is 0.381. The van der Waals surface area contributed by atoms with Crippen LogP contribution >= 0.6 is 11.3 Å². The number of benzene rings is 1. The van der Waals surface area contributed by atoms with Gasteiger partial charge in [0.1, 0.15) is 17.2 Å². The van der Waals surface area contributed by atoms with Gasteiger partial charge in [-0.15, -0.1) is 11.3 Å². The van der Waals surface area contributed by atoms with Crippen molar-refractivity contribution in [3.8, 4) is 0 Å². The molecule has 28 heavy (non-hydrogen) atoms. The topological polar surface area (TPSA) is 55.2 Å². The van der Waals surface area contributed by atoms with E-state index in [9.17, 15) is 14.0 Å². The minimum atomic E-state index is -0.308. The van der Waals surface area contributed by atoms with E-state index in [4.69, 9.17) is 0 Å². The number of aryl methyl sites for hydroxylation is 1. The van der Waals surface area contributed by atoms with E-state index in [1.807, 2.05) is 0 Å². The Balaban J connectivity index is 1.55. The highest BCUT2D eigenvalue weighted by Gasteiger charge is 2.23. The maximum Gasteiger partial charge on any atom is 0.262 e. The molecule has 1 aliphatic rings. The number of hydrogen-bond acceptors (Lipinski definition) is 4. The van der Waals surface area contributed by atoms with Crippen LogP contribution < -0.4 is 5.56 Å². The third-order valence-corrected chi connectivity index (χ3v) is 6.51. The van der Waals surface area contributed by atoms with E-state index in [2.05, 4.69) is 11.9 Å². The Morgan fingerprint density at radius 3 is 2.86 bits per heavy atom. The SMILES string of the molecule is CC1CCc2c(sc3ncn(CC(=O)N(C)Cc4ccc(F)cc4)c(=O)c23)C1. The molecule has 0 fully saturated rings. The summed E-state index contributed by atoms with van der Waals surface area (Å²) in [5.41, 5.74) is 1.82. The highest BCUT2D eigenvalue weighted by Crippen LogP contribution is 2.35. The number of carbonyl (C=O) groups is 1. The van der Waals surface area contributed by atoms with E-state index >= 15 is 0 Å². The number of hydrogen-bond donors (Lipinski definition) is 0. The number of carbonyl (C=O) groups excluding carboxylic acids is 1. The molecule has 2 heterocycles. The number of likely N-dealkylation sites (N-methyl/N-ethyl adjacent to an activating group) is 1. The second-order valence-corrected chi connectivity index (χ2v) is 8.67. The summed E-state index contributed by atoms with van der Waals surface area (Å²) in [5, 5.41) is 0.684. The Labute approximate surface area is 166 Å². The molecule has 3 aromatic rings. The van der Waals surface area contributed by atoms with Gasteiger partial charge in [-0.3, -0.25) is 14.2 Å². The number of nitrogens with zero attached hydrogens (tertiary/aromatic N) is 3. The third kappa shape index (κ3) is 3.58. The number of thiophene rings is 1. The standard InChI is InChI=1S/C21H22FN3O2S/c1-13-3-8-16-17(9-13)28-20-19(16)21(27)25(12-23-20)11-18(26)24(2)10-14-4-6-15(22)7-5-14/h4-7,12-13H,3,8-11H2,1-2H3. The van der Waals surface area contributed by atoms with Crippen LogP contribution in [0.3, 0.4) is 0 Å². The molecule has 5 nitrogen and oxygen atoms in total. The Morgan fingerprint density at radius 1 is 1.36 bits per heavy atom. The lowest BCUT2D eigenvalue weighted by Crippen LogP contribution is -2.33. The predicted molar refractivity (Wildman–Crippen MR) is 108 cm³/mol. The quantitative estimate of drug-likeness (QED) is 0.676. The zero-order valence-corrected chi connectivity index (χ0v) is 16.8. The zero-order valence-electron chi connectivity index (χ0n) is 15.9. The lowest BCUT2D eigenvalue weighted by molar-refractivity contribution is -0.131. The van der Waals surface area contributed by atoms with E-state index in [0.29, 0.717) is 17.8 Å². The van der Waals surface area contributed by atoms with Crippen LogP contribution in [0.2, 0.25) is 0 Å². The second-order valence-electron chi connectivity index (χ2n) is 7.59. The summed E-state index contributed by atoms with van der Waals surface area (Å²) in [6.45, 7) is 2.53. The van der Waals surface area contributed by atoms with E-state index in [0.717, 1.165) is 35.2 Å². The van der Waals surface area contributed by atoms with Crippen molar-refractivity contribution in [1.29, 1.82) is 0 Å². The van der Waals surface area contributed by atoms with Crippen LogP contribution in [0, 0.1) is 11.7 Å². The van der Waals surface area contributed by atoms with Crippen LogP contribution in [0.25, 0.3) is 10.2 Å². The summed E-state index contributed by atoms with van der Waals surface area (Å²) >= 11 is 1.60. The minimum absolute atomic E-state index is 0.0551. The molecule has 0 saturated heterocycles. The molecule has 2 aromatic heterocycles. The molecule has 7 heteroatoms. The van der Waals surface area contributed by atoms with E-state index < -0.39 is 0 Å². The highest BCUT2D eigenvalue weighted by molar-refractivity contribution is 7.18. The molecule has 4 rings (SSSR count). The smallest absolute Gasteiger partial charge is 0.262 e. The first-order chi connectivity index (χ1) is 13.4. The number of amides is 1. The van der Waals surface area contributed by atoms with Crippen molar-refractivity contribution in [3.63, 3.8) is 0 Å². The fourth-order valence-corrected chi connectivity index (χ4v) is 5.04. The molecular formula is C21H22FN3O2S. The van der Waals surface area contributed by atoms with Crippen molar-refractivity contribution in [1.82, 2.24) is 14.5 Å². The van der Waals surface area contributed by atoms with Crippen molar-refractivity contribution < 1.29 is 9.18 Å². The predicted octanol–water partition coefficient (Wildman–Crippen LogP) is 3.38. The van der Waals surface area contributed by atoms with Crippen LogP contribution in [-0.2, 0) is 30.7 Å². The summed E-state index contributed by atoms with van der Waals surface area (Å²) in [6, 6.07) is 6.04. The van der Waals surface area contributed by atoms with Crippen molar-refractivity contribution in [3.05, 3.63) is 62.8 Å². The van der Waals surface area contributed by atoms with Gasteiger partial charge in [0, 0.05) is 18.5 Å². The monoisotopic (exact) mass is 399 g/mol. The molecule has 1 aliphatic carbocycles. The Morgan fingerprint density at radius 2 is 2.11 bits per heavy atom. The molecule has 0 spiro atoms. The average Bonchev–Trinajstić information content (AvgIpc) is 3.03. The number of halogens is 1. The summed E-state index contributed by atoms with van der Waals surface area (Å²) in [7, 11) is 1.68. The van der Waals surface area contributed by atoms with Gasteiger partial charge in [0.15, 0.2) is 0 Å². The number of fused-ring (bicyclic) bond motifs is 3. The zero-order chi connectivity index (χ0) is 19.8. The fourth-order valence-electron chi connectivity index (χ4n) is 3.70. The van der Waals surface area contributed by atoms with Gasteiger partial charge in [-0.25, -0.2) is 9.37 Å². The second kappa shape index (κ2) is 7.47. The molecular weight excluding hydrogens is 377 g/mol. The molecule has 1 unspecified atom stereocenters. The van der Waals surface area contributed by atoms with Gasteiger partial charge in [0.05, 0.1) is 11.7 Å². The van der Waals surface area contributed by atoms with Gasteiger partial charge in [-0.05, 0) is 48.4 Å². The lowest BCUT2D eigenvalue weighted by Gasteiger charge is -2.18. The molecule has 1 aromatic carbocycles. The molecule has 0 N–H and O–H groups in total. The van der Waals surface area contributed by atoms with Gasteiger partial charge in [0.2, 0.25) is 5.91 Å². The number of aromatic nitrogens is 2. The molecule has 1 amide bonds. The normalized spacial score (nSPS) is 16.2. The summed E-state index contributed by atoms with van der Waals surface area (Å²) in [6.07, 6.45) is 4.44. The summed E-state index contributed by atoms with van der Waals surface area (Å²) in [4.78, 5) is 33.6. The lowest BCUT2D eigenvalue weighted by atomic mass is 9.89. The van der Waals surface area contributed by atoms with Crippen molar-refractivity contribution in [2.75, 3.05) is 7.05 Å². The minimum Gasteiger partial charge on any atom is -0.340 e. The number of rotatable bonds is 4. The summed E-state index contributed by atoms with van der Waals surface area (Å²) < 4.78 is 14.4. The van der Waals surface area contributed by atoms with Crippen LogP contribution in [0.5, 0.6) is 0 Å². The van der Waals surface area contributed by atoms with Crippen molar-refractivity contribution in [2.45, 2.75) is 39.3 Å². The van der Waals surface area contributed by atoms with Crippen LogP contribution in [0.1, 0.15) is 29.3 Å². The Hall–Kier alpha value is -2.54. The van der Waals surface area contributed by atoms with Crippen molar-refractivity contribution >= 4 is 27.5 Å². The van der Waals surface area contributed by atoms with Gasteiger partial charge in [0.25, 0.3) is 5.56 Å². The molecule has 0 saturated carbocycles. The average molecular weight is 399 g/mol. The first-order valence-corrected chi connectivity index (χ1v) is 10.2. The third-order valence-electron chi connectivity index (χ3n) is 5.35. The largest absolute Gasteiger partial charge is 0.340 e. The Kier molecular flexibility index (Phi) is 5.02. The highest BCUT2D eigenvalue weighted by atomic mass is 32.1. The molecule has 1 atom stereocenters.